The zero-order valence-electron chi connectivity index (χ0n) is 19.0. The van der Waals surface area contributed by atoms with Crippen LogP contribution in [0.25, 0.3) is 0 Å². The first kappa shape index (κ1) is 26.8. The molecule has 2 fully saturated rings. The molecule has 0 bridgehead atoms. The molecule has 2 aliphatic heterocycles. The van der Waals surface area contributed by atoms with Crippen molar-refractivity contribution in [3.05, 3.63) is 0 Å². The largest absolute Gasteiger partial charge is 0.463 e. The predicted molar refractivity (Wildman–Crippen MR) is 113 cm³/mol. The fourth-order valence-corrected chi connectivity index (χ4v) is 4.76. The van der Waals surface area contributed by atoms with E-state index in [1.807, 2.05) is 26.8 Å². The van der Waals surface area contributed by atoms with E-state index in [0.717, 1.165) is 0 Å². The number of hydrogen-bond donors (Lipinski definition) is 2. The number of aliphatic hydroxyl groups is 2. The van der Waals surface area contributed by atoms with Crippen molar-refractivity contribution in [2.45, 2.75) is 76.9 Å². The first-order chi connectivity index (χ1) is 15.1. The van der Waals surface area contributed by atoms with Crippen LogP contribution in [0.1, 0.15) is 34.6 Å². The van der Waals surface area contributed by atoms with E-state index >= 15 is 0 Å². The summed E-state index contributed by atoms with van der Waals surface area (Å²) in [6, 6.07) is 2.04. The predicted octanol–water partition coefficient (Wildman–Crippen LogP) is 0.834. The van der Waals surface area contributed by atoms with E-state index in [9.17, 15) is 19.8 Å². The quantitative estimate of drug-likeness (QED) is 0.482. The zero-order valence-corrected chi connectivity index (χ0v) is 19.8. The maximum absolute atomic E-state index is 11.2. The third kappa shape index (κ3) is 6.79. The van der Waals surface area contributed by atoms with Gasteiger partial charge in [-0.1, -0.05) is 20.8 Å². The number of esters is 2. The molecule has 2 N–H and O–H groups in total. The molecule has 32 heavy (non-hydrogen) atoms. The highest BCUT2D eigenvalue weighted by Gasteiger charge is 2.49. The molecule has 182 valence electrons. The molecule has 2 saturated heterocycles. The molecule has 0 aromatic heterocycles. The Hall–Kier alpha value is -1.42. The lowest BCUT2D eigenvalue weighted by Crippen LogP contribution is -2.59. The van der Waals surface area contributed by atoms with Gasteiger partial charge < -0.3 is 33.9 Å². The van der Waals surface area contributed by atoms with Crippen molar-refractivity contribution in [3.63, 3.8) is 0 Å². The molecule has 2 rings (SSSR count). The first-order valence-electron chi connectivity index (χ1n) is 10.6. The standard InChI is InChI=1S/C21H33NO9S/c1-10-11(2)17(25)20(29-15(10)8-27-13(4)23)31-19-12(3)21(32-7-6-22)30-16(18(19)26)9-28-14(5)24/h10-12,15-21,25-26H,7-9H2,1-5H3/t10-,11+,12?,15?,16?,17?,18-,19-,20+,21+/m1/s1. The molecule has 11 heteroatoms. The highest BCUT2D eigenvalue weighted by Crippen LogP contribution is 2.38. The summed E-state index contributed by atoms with van der Waals surface area (Å²) in [6.45, 7) is 7.97. The van der Waals surface area contributed by atoms with Crippen LogP contribution < -0.4 is 0 Å². The molecule has 0 radical (unpaired) electrons. The van der Waals surface area contributed by atoms with Crippen molar-refractivity contribution in [1.29, 1.82) is 5.26 Å². The number of carbonyl (C=O) groups excluding carboxylic acids is 2. The van der Waals surface area contributed by atoms with Crippen LogP contribution in [0.4, 0.5) is 0 Å². The Morgan fingerprint density at radius 1 is 0.938 bits per heavy atom. The number of carbonyl (C=O) groups is 2. The van der Waals surface area contributed by atoms with Crippen LogP contribution in [0.3, 0.4) is 0 Å². The highest BCUT2D eigenvalue weighted by molar-refractivity contribution is 7.99. The minimum atomic E-state index is -1.17. The SMILES string of the molecule is CC(=O)OCC1O[C@@H](SCC#N)C(C)[C@@H](O[C@@H]2OC(COC(C)=O)[C@H](C)[C@H](C)C2O)[C@@H]1O. The molecule has 0 saturated carbocycles. The van der Waals surface area contributed by atoms with Gasteiger partial charge in [-0.05, 0) is 11.8 Å². The van der Waals surface area contributed by atoms with Crippen LogP contribution in [0.5, 0.6) is 0 Å². The van der Waals surface area contributed by atoms with E-state index in [-0.39, 0.29) is 36.7 Å². The van der Waals surface area contributed by atoms with Crippen molar-refractivity contribution in [2.75, 3.05) is 19.0 Å². The summed E-state index contributed by atoms with van der Waals surface area (Å²) >= 11 is 1.25. The third-order valence-corrected chi connectivity index (χ3v) is 7.19. The third-order valence-electron chi connectivity index (χ3n) is 6.02. The minimum Gasteiger partial charge on any atom is -0.463 e. The molecular weight excluding hydrogens is 442 g/mol. The van der Waals surface area contributed by atoms with Crippen molar-refractivity contribution in [1.82, 2.24) is 0 Å². The molecule has 0 spiro atoms. The number of nitriles is 1. The van der Waals surface area contributed by atoms with Crippen molar-refractivity contribution >= 4 is 23.7 Å². The molecule has 10 atom stereocenters. The van der Waals surface area contributed by atoms with Gasteiger partial charge in [0, 0.05) is 19.8 Å². The number of ether oxygens (including phenoxy) is 5. The van der Waals surface area contributed by atoms with Crippen LogP contribution >= 0.6 is 11.8 Å². The monoisotopic (exact) mass is 475 g/mol. The lowest BCUT2D eigenvalue weighted by atomic mass is 9.83. The molecule has 2 heterocycles. The second-order valence-electron chi connectivity index (χ2n) is 8.32. The summed E-state index contributed by atoms with van der Waals surface area (Å²) in [5.74, 6) is -1.47. The van der Waals surface area contributed by atoms with Crippen LogP contribution in [-0.4, -0.2) is 83.4 Å². The molecular formula is C21H33NO9S. The van der Waals surface area contributed by atoms with Crippen LogP contribution in [0.15, 0.2) is 0 Å². The molecule has 0 aromatic carbocycles. The summed E-state index contributed by atoms with van der Waals surface area (Å²) in [6.07, 6.45) is -5.40. The van der Waals surface area contributed by atoms with Crippen LogP contribution in [0, 0.1) is 29.1 Å². The smallest absolute Gasteiger partial charge is 0.302 e. The van der Waals surface area contributed by atoms with Gasteiger partial charge in [-0.3, -0.25) is 9.59 Å². The Kier molecular flexibility index (Phi) is 10.2. The van der Waals surface area contributed by atoms with Gasteiger partial charge in [0.25, 0.3) is 0 Å². The number of aliphatic hydroxyl groups excluding tert-OH is 2. The maximum Gasteiger partial charge on any atom is 0.302 e. The van der Waals surface area contributed by atoms with Gasteiger partial charge in [0.15, 0.2) is 6.29 Å². The Labute approximate surface area is 192 Å². The van der Waals surface area contributed by atoms with Gasteiger partial charge in [0.05, 0.1) is 24.0 Å². The topological polar surface area (TPSA) is 145 Å². The molecule has 0 aliphatic carbocycles. The van der Waals surface area contributed by atoms with Gasteiger partial charge >= 0.3 is 11.9 Å². The van der Waals surface area contributed by atoms with Crippen molar-refractivity contribution < 1.29 is 43.5 Å². The van der Waals surface area contributed by atoms with Gasteiger partial charge in [0.2, 0.25) is 0 Å². The minimum absolute atomic E-state index is 0.0228. The average molecular weight is 476 g/mol. The fraction of sp³-hybridized carbons (Fsp3) is 0.857. The summed E-state index contributed by atoms with van der Waals surface area (Å²) < 4.78 is 28.0. The first-order valence-corrected chi connectivity index (χ1v) is 11.7. The lowest BCUT2D eigenvalue weighted by molar-refractivity contribution is -0.317. The Bertz CT molecular complexity index is 687. The van der Waals surface area contributed by atoms with E-state index in [1.54, 1.807) is 0 Å². The van der Waals surface area contributed by atoms with E-state index < -0.39 is 54.2 Å². The number of thioether (sulfide) groups is 1. The summed E-state index contributed by atoms with van der Waals surface area (Å²) in [5, 5.41) is 30.6. The highest BCUT2D eigenvalue weighted by atomic mass is 32.2. The normalized spacial score (nSPS) is 39.7. The van der Waals surface area contributed by atoms with Gasteiger partial charge in [-0.2, -0.15) is 5.26 Å². The summed E-state index contributed by atoms with van der Waals surface area (Å²) in [7, 11) is 0. The Balaban J connectivity index is 2.18. The second-order valence-corrected chi connectivity index (χ2v) is 9.41. The Morgan fingerprint density at radius 3 is 2.09 bits per heavy atom. The molecule has 0 aromatic rings. The van der Waals surface area contributed by atoms with E-state index in [1.165, 1.54) is 25.6 Å². The molecule has 4 unspecified atom stereocenters. The van der Waals surface area contributed by atoms with Crippen LogP contribution in [0.2, 0.25) is 0 Å². The second kappa shape index (κ2) is 12.2. The Morgan fingerprint density at radius 2 is 1.53 bits per heavy atom. The number of nitrogens with zero attached hydrogens (tertiary/aromatic N) is 1. The molecule has 2 aliphatic rings. The summed E-state index contributed by atoms with van der Waals surface area (Å²) in [4.78, 5) is 22.5. The lowest BCUT2D eigenvalue weighted by Gasteiger charge is -2.47. The van der Waals surface area contributed by atoms with Gasteiger partial charge in [0.1, 0.15) is 37.0 Å². The van der Waals surface area contributed by atoms with Gasteiger partial charge in [-0.25, -0.2) is 0 Å². The summed E-state index contributed by atoms with van der Waals surface area (Å²) in [5.41, 5.74) is -0.502. The van der Waals surface area contributed by atoms with Crippen molar-refractivity contribution in [3.8, 4) is 6.07 Å². The van der Waals surface area contributed by atoms with E-state index in [4.69, 9.17) is 28.9 Å². The van der Waals surface area contributed by atoms with Gasteiger partial charge in [-0.15, -0.1) is 11.8 Å². The van der Waals surface area contributed by atoms with E-state index in [2.05, 4.69) is 0 Å². The van der Waals surface area contributed by atoms with Crippen LogP contribution in [-0.2, 0) is 33.3 Å². The average Bonchev–Trinajstić information content (AvgIpc) is 2.74. The molecule has 10 nitrogen and oxygen atoms in total. The zero-order chi connectivity index (χ0) is 24.0. The van der Waals surface area contributed by atoms with Crippen molar-refractivity contribution in [2.24, 2.45) is 17.8 Å². The molecule has 0 amide bonds. The van der Waals surface area contributed by atoms with E-state index in [0.29, 0.717) is 0 Å². The number of hydrogen-bond acceptors (Lipinski definition) is 11. The number of rotatable bonds is 8. The maximum atomic E-state index is 11.2. The fourth-order valence-electron chi connectivity index (χ4n) is 3.84.